The van der Waals surface area contributed by atoms with Gasteiger partial charge in [-0.3, -0.25) is 9.78 Å². The number of carbonyl (C=O) groups is 1. The summed E-state index contributed by atoms with van der Waals surface area (Å²) in [6.07, 6.45) is 2.76. The smallest absolute Gasteiger partial charge is 0.325 e. The number of hydrogen-bond donors (Lipinski definition) is 2. The minimum Gasteiger partial charge on any atom is -0.325 e. The third-order valence-corrected chi connectivity index (χ3v) is 4.41. The molecule has 0 aliphatic heterocycles. The first-order chi connectivity index (χ1) is 13.4. The molecule has 0 bridgehead atoms. The van der Waals surface area contributed by atoms with Crippen LogP contribution in [-0.2, 0) is 6.18 Å². The summed E-state index contributed by atoms with van der Waals surface area (Å²) in [5, 5.41) is 5.55. The van der Waals surface area contributed by atoms with Gasteiger partial charge in [-0.1, -0.05) is 0 Å². The first-order valence-corrected chi connectivity index (χ1v) is 9.15. The van der Waals surface area contributed by atoms with E-state index in [1.807, 2.05) is 6.26 Å². The zero-order valence-electron chi connectivity index (χ0n) is 14.5. The zero-order valence-corrected chi connectivity index (χ0v) is 15.3. The van der Waals surface area contributed by atoms with Crippen molar-refractivity contribution in [3.63, 3.8) is 0 Å². The fourth-order valence-corrected chi connectivity index (χ4v) is 2.78. The van der Waals surface area contributed by atoms with Gasteiger partial charge in [0.15, 0.2) is 0 Å². The Hall–Kier alpha value is -3.14. The number of carbonyl (C=O) groups excluding carboxylic acids is 1. The summed E-state index contributed by atoms with van der Waals surface area (Å²) in [5.74, 6) is 0.0836. The van der Waals surface area contributed by atoms with Gasteiger partial charge in [-0.2, -0.15) is 13.2 Å². The van der Waals surface area contributed by atoms with Gasteiger partial charge in [-0.15, -0.1) is 11.8 Å². The van der Waals surface area contributed by atoms with Crippen LogP contribution in [0.25, 0.3) is 0 Å². The molecule has 6 nitrogen and oxygen atoms in total. The van der Waals surface area contributed by atoms with Crippen molar-refractivity contribution in [1.29, 1.82) is 0 Å². The third kappa shape index (κ3) is 4.77. The highest BCUT2D eigenvalue weighted by molar-refractivity contribution is 7.98. The average molecular weight is 405 g/mol. The maximum absolute atomic E-state index is 12.6. The van der Waals surface area contributed by atoms with Crippen molar-refractivity contribution in [3.05, 3.63) is 66.2 Å². The Labute approximate surface area is 162 Å². The molecule has 3 aromatic rings. The van der Waals surface area contributed by atoms with E-state index in [0.717, 1.165) is 17.2 Å². The van der Waals surface area contributed by atoms with Crippen LogP contribution in [0.5, 0.6) is 0 Å². The van der Waals surface area contributed by atoms with Crippen LogP contribution in [0.1, 0.15) is 15.9 Å². The summed E-state index contributed by atoms with van der Waals surface area (Å²) >= 11 is 1.47. The standard InChI is InChI=1S/C18H14F3N5OS/c1-28-14-5-6-22-10-13(14)25-17(27)11-4-7-23-16(8-11)26-15-3-2-12(9-24-15)18(19,20)21/h2-10H,1H3,(H,25,27)(H,23,24,26). The van der Waals surface area contributed by atoms with Crippen LogP contribution >= 0.6 is 11.8 Å². The maximum Gasteiger partial charge on any atom is 0.417 e. The van der Waals surface area contributed by atoms with Crippen molar-refractivity contribution in [2.24, 2.45) is 0 Å². The number of nitrogens with zero attached hydrogens (tertiary/aromatic N) is 3. The van der Waals surface area contributed by atoms with Gasteiger partial charge in [-0.05, 0) is 36.6 Å². The Bertz CT molecular complexity index is 979. The minimum atomic E-state index is -4.45. The number of hydrogen-bond acceptors (Lipinski definition) is 6. The molecule has 0 fully saturated rings. The van der Waals surface area contributed by atoms with Gasteiger partial charge in [0.05, 0.1) is 17.4 Å². The Morgan fingerprint density at radius 1 is 1.04 bits per heavy atom. The molecule has 28 heavy (non-hydrogen) atoms. The van der Waals surface area contributed by atoms with Gasteiger partial charge in [-0.25, -0.2) is 9.97 Å². The highest BCUT2D eigenvalue weighted by Gasteiger charge is 2.30. The molecule has 0 radical (unpaired) electrons. The van der Waals surface area contributed by atoms with E-state index in [1.54, 1.807) is 18.5 Å². The highest BCUT2D eigenvalue weighted by atomic mass is 32.2. The topological polar surface area (TPSA) is 79.8 Å². The van der Waals surface area contributed by atoms with E-state index in [4.69, 9.17) is 0 Å². The number of aromatic nitrogens is 3. The normalized spacial score (nSPS) is 11.1. The van der Waals surface area contributed by atoms with Gasteiger partial charge < -0.3 is 10.6 Å². The Balaban J connectivity index is 1.74. The second-order valence-corrected chi connectivity index (χ2v) is 6.36. The van der Waals surface area contributed by atoms with E-state index < -0.39 is 11.7 Å². The predicted molar refractivity (Wildman–Crippen MR) is 101 cm³/mol. The number of anilines is 3. The lowest BCUT2D eigenvalue weighted by molar-refractivity contribution is -0.137. The van der Waals surface area contributed by atoms with Crippen LogP contribution in [0.4, 0.5) is 30.5 Å². The number of rotatable bonds is 5. The van der Waals surface area contributed by atoms with Gasteiger partial charge in [0, 0.05) is 29.0 Å². The number of alkyl halides is 3. The molecule has 0 spiro atoms. The van der Waals surface area contributed by atoms with E-state index >= 15 is 0 Å². The Morgan fingerprint density at radius 2 is 1.86 bits per heavy atom. The van der Waals surface area contributed by atoms with E-state index in [2.05, 4.69) is 25.6 Å². The second kappa shape index (κ2) is 8.26. The van der Waals surface area contributed by atoms with E-state index in [1.165, 1.54) is 36.2 Å². The molecule has 3 aromatic heterocycles. The molecule has 1 amide bonds. The summed E-state index contributed by atoms with van der Waals surface area (Å²) in [7, 11) is 0. The zero-order chi connectivity index (χ0) is 20.1. The third-order valence-electron chi connectivity index (χ3n) is 3.62. The van der Waals surface area contributed by atoms with Crippen LogP contribution in [-0.4, -0.2) is 27.1 Å². The quantitative estimate of drug-likeness (QED) is 0.604. The van der Waals surface area contributed by atoms with E-state index in [-0.39, 0.29) is 17.5 Å². The lowest BCUT2D eigenvalue weighted by Gasteiger charge is -2.10. The van der Waals surface area contributed by atoms with Crippen molar-refractivity contribution in [2.75, 3.05) is 16.9 Å². The summed E-state index contributed by atoms with van der Waals surface area (Å²) in [5.41, 5.74) is 0.0521. The average Bonchev–Trinajstić information content (AvgIpc) is 2.68. The van der Waals surface area contributed by atoms with Gasteiger partial charge >= 0.3 is 6.18 Å². The molecule has 0 aliphatic rings. The molecule has 0 saturated carbocycles. The van der Waals surface area contributed by atoms with Crippen LogP contribution < -0.4 is 10.6 Å². The fourth-order valence-electron chi connectivity index (χ4n) is 2.25. The predicted octanol–water partition coefficient (Wildman–Crippen LogP) is 4.61. The SMILES string of the molecule is CSc1ccncc1NC(=O)c1ccnc(Nc2ccc(C(F)(F)F)cn2)c1. The first kappa shape index (κ1) is 19.6. The first-order valence-electron chi connectivity index (χ1n) is 7.92. The summed E-state index contributed by atoms with van der Waals surface area (Å²) in [4.78, 5) is 25.1. The summed E-state index contributed by atoms with van der Waals surface area (Å²) in [6.45, 7) is 0. The summed E-state index contributed by atoms with van der Waals surface area (Å²) < 4.78 is 37.8. The molecule has 0 atom stereocenters. The van der Waals surface area contributed by atoms with Gasteiger partial charge in [0.2, 0.25) is 0 Å². The highest BCUT2D eigenvalue weighted by Crippen LogP contribution is 2.29. The largest absolute Gasteiger partial charge is 0.417 e. The Kier molecular flexibility index (Phi) is 5.78. The Morgan fingerprint density at radius 3 is 2.54 bits per heavy atom. The molecule has 0 aromatic carbocycles. The van der Waals surface area contributed by atoms with Crippen molar-refractivity contribution in [1.82, 2.24) is 15.0 Å². The maximum atomic E-state index is 12.6. The summed E-state index contributed by atoms with van der Waals surface area (Å²) in [6, 6.07) is 6.89. The molecule has 3 heterocycles. The number of halogens is 3. The monoisotopic (exact) mass is 405 g/mol. The number of thioether (sulfide) groups is 1. The molecule has 10 heteroatoms. The van der Waals surface area contributed by atoms with Crippen molar-refractivity contribution >= 4 is 35.0 Å². The molecule has 0 aliphatic carbocycles. The molecule has 2 N–H and O–H groups in total. The van der Waals surface area contributed by atoms with Gasteiger partial charge in [0.1, 0.15) is 11.6 Å². The van der Waals surface area contributed by atoms with E-state index in [0.29, 0.717) is 11.3 Å². The number of pyridine rings is 3. The van der Waals surface area contributed by atoms with E-state index in [9.17, 15) is 18.0 Å². The molecule has 144 valence electrons. The molecular weight excluding hydrogens is 391 g/mol. The number of nitrogens with one attached hydrogen (secondary N) is 2. The fraction of sp³-hybridized carbons (Fsp3) is 0.111. The number of amides is 1. The van der Waals surface area contributed by atoms with Crippen LogP contribution in [0, 0.1) is 0 Å². The van der Waals surface area contributed by atoms with Crippen LogP contribution in [0.3, 0.4) is 0 Å². The lowest BCUT2D eigenvalue weighted by Crippen LogP contribution is -2.13. The van der Waals surface area contributed by atoms with Gasteiger partial charge in [0.25, 0.3) is 5.91 Å². The molecule has 0 unspecified atom stereocenters. The minimum absolute atomic E-state index is 0.176. The van der Waals surface area contributed by atoms with Crippen molar-refractivity contribution < 1.29 is 18.0 Å². The van der Waals surface area contributed by atoms with Crippen LogP contribution in [0.15, 0.2) is 60.0 Å². The van der Waals surface area contributed by atoms with Crippen LogP contribution in [0.2, 0.25) is 0 Å². The molecule has 3 rings (SSSR count). The van der Waals surface area contributed by atoms with Crippen molar-refractivity contribution in [2.45, 2.75) is 11.1 Å². The molecule has 0 saturated heterocycles. The molecular formula is C18H14F3N5OS. The van der Waals surface area contributed by atoms with Crippen molar-refractivity contribution in [3.8, 4) is 0 Å². The lowest BCUT2D eigenvalue weighted by atomic mass is 10.2. The second-order valence-electron chi connectivity index (χ2n) is 5.51.